The van der Waals surface area contributed by atoms with E-state index in [1.807, 2.05) is 0 Å². The second-order valence-electron chi connectivity index (χ2n) is 3.11. The van der Waals surface area contributed by atoms with E-state index in [4.69, 9.17) is 23.2 Å². The van der Waals surface area contributed by atoms with Gasteiger partial charge in [0.05, 0.1) is 10.0 Å². The summed E-state index contributed by atoms with van der Waals surface area (Å²) in [5.41, 5.74) is 0.127. The van der Waals surface area contributed by atoms with Gasteiger partial charge in [-0.15, -0.1) is 10.2 Å². The maximum atomic E-state index is 11.7. The lowest BCUT2D eigenvalue weighted by Gasteiger charge is -2.03. The van der Waals surface area contributed by atoms with Gasteiger partial charge in [-0.3, -0.25) is 4.79 Å². The zero-order valence-corrected chi connectivity index (χ0v) is 10.6. The molecule has 1 aromatic carbocycles. The molecule has 0 bridgehead atoms. The molecule has 0 atom stereocenters. The molecule has 1 aromatic heterocycles. The molecule has 0 spiro atoms. The van der Waals surface area contributed by atoms with Gasteiger partial charge in [0.25, 0.3) is 5.56 Å². The van der Waals surface area contributed by atoms with Crippen molar-refractivity contribution in [1.29, 1.82) is 0 Å². The fraction of sp³-hybridized carbons (Fsp3) is 0. The third kappa shape index (κ3) is 2.36. The molecule has 0 radical (unpaired) electrons. The summed E-state index contributed by atoms with van der Waals surface area (Å²) in [7, 11) is 0. The van der Waals surface area contributed by atoms with Gasteiger partial charge in [0.1, 0.15) is 0 Å². The molecule has 4 nitrogen and oxygen atoms in total. The molecule has 0 unspecified atom stereocenters. The van der Waals surface area contributed by atoms with E-state index < -0.39 is 5.56 Å². The normalized spacial score (nSPS) is 10.2. The van der Waals surface area contributed by atoms with Gasteiger partial charge in [0.15, 0.2) is 11.5 Å². The number of nitrogens with zero attached hydrogens (tertiary/aromatic N) is 2. The number of hydrogen-bond acceptors (Lipinski definition) is 4. The first kappa shape index (κ1) is 12.2. The van der Waals surface area contributed by atoms with Crippen molar-refractivity contribution in [1.82, 2.24) is 15.2 Å². The standard InChI is InChI=1S/C10H5Cl2N3OS/c11-6-3-1-2-5(8(6)12)9-10(16)13-7(4-17)14-15-9/h1-4H,(H,13,14,16). The topological polar surface area (TPSA) is 58.6 Å². The molecule has 0 fully saturated rings. The van der Waals surface area contributed by atoms with Crippen molar-refractivity contribution in [2.24, 2.45) is 0 Å². The van der Waals surface area contributed by atoms with Crippen LogP contribution in [0, 0.1) is 0 Å². The molecule has 0 aliphatic heterocycles. The maximum Gasteiger partial charge on any atom is 0.278 e. The van der Waals surface area contributed by atoms with Crippen LogP contribution in [0.4, 0.5) is 0 Å². The quantitative estimate of drug-likeness (QED) is 0.862. The third-order valence-electron chi connectivity index (χ3n) is 2.03. The fourth-order valence-corrected chi connectivity index (χ4v) is 1.76. The molecule has 0 aliphatic carbocycles. The van der Waals surface area contributed by atoms with Gasteiger partial charge >= 0.3 is 0 Å². The molecular formula is C10H5Cl2N3OS. The highest BCUT2D eigenvalue weighted by atomic mass is 35.5. The lowest BCUT2D eigenvalue weighted by Crippen LogP contribution is -2.15. The Morgan fingerprint density at radius 2 is 2.06 bits per heavy atom. The average Bonchev–Trinajstić information content (AvgIpc) is 2.33. The largest absolute Gasteiger partial charge is 0.303 e. The van der Waals surface area contributed by atoms with Gasteiger partial charge < -0.3 is 4.98 Å². The number of halogens is 2. The van der Waals surface area contributed by atoms with E-state index in [2.05, 4.69) is 27.4 Å². The minimum Gasteiger partial charge on any atom is -0.303 e. The van der Waals surface area contributed by atoms with Crippen LogP contribution in [0.25, 0.3) is 11.3 Å². The van der Waals surface area contributed by atoms with Crippen LogP contribution in [0.15, 0.2) is 23.0 Å². The van der Waals surface area contributed by atoms with Crippen LogP contribution in [0.3, 0.4) is 0 Å². The zero-order chi connectivity index (χ0) is 12.4. The second kappa shape index (κ2) is 4.91. The monoisotopic (exact) mass is 285 g/mol. The van der Waals surface area contributed by atoms with Crippen molar-refractivity contribution in [3.63, 3.8) is 0 Å². The first-order valence-corrected chi connectivity index (χ1v) is 5.73. The van der Waals surface area contributed by atoms with Crippen LogP contribution in [-0.4, -0.2) is 20.5 Å². The van der Waals surface area contributed by atoms with Crippen molar-refractivity contribution in [2.75, 3.05) is 0 Å². The van der Waals surface area contributed by atoms with Crippen molar-refractivity contribution < 1.29 is 0 Å². The minimum atomic E-state index is -0.416. The number of rotatable bonds is 2. The highest BCUT2D eigenvalue weighted by Gasteiger charge is 2.12. The van der Waals surface area contributed by atoms with Crippen LogP contribution >= 0.6 is 35.4 Å². The smallest absolute Gasteiger partial charge is 0.278 e. The maximum absolute atomic E-state index is 11.7. The molecule has 86 valence electrons. The Kier molecular flexibility index (Phi) is 3.51. The summed E-state index contributed by atoms with van der Waals surface area (Å²) in [5, 5.41) is 9.38. The molecule has 2 rings (SSSR count). The summed E-state index contributed by atoms with van der Waals surface area (Å²) in [5.74, 6) is 0.229. The van der Waals surface area contributed by atoms with Gasteiger partial charge in [0.2, 0.25) is 0 Å². The first-order valence-electron chi connectivity index (χ1n) is 4.50. The summed E-state index contributed by atoms with van der Waals surface area (Å²) >= 11 is 16.5. The summed E-state index contributed by atoms with van der Waals surface area (Å²) in [6.07, 6.45) is 0. The van der Waals surface area contributed by atoms with Crippen LogP contribution < -0.4 is 5.56 Å². The first-order chi connectivity index (χ1) is 8.13. The average molecular weight is 286 g/mol. The second-order valence-corrected chi connectivity index (χ2v) is 4.13. The van der Waals surface area contributed by atoms with Crippen LogP contribution in [0.2, 0.25) is 10.0 Å². The predicted octanol–water partition coefficient (Wildman–Crippen LogP) is 2.49. The molecule has 0 saturated heterocycles. The summed E-state index contributed by atoms with van der Waals surface area (Å²) < 4.78 is 0. The molecule has 17 heavy (non-hydrogen) atoms. The number of thiocarbonyl (C=S) groups is 1. The van der Waals surface area contributed by atoms with E-state index in [0.29, 0.717) is 10.6 Å². The Hall–Kier alpha value is -1.30. The van der Waals surface area contributed by atoms with Gasteiger partial charge in [0, 0.05) is 10.9 Å². The third-order valence-corrected chi connectivity index (χ3v) is 3.07. The van der Waals surface area contributed by atoms with Crippen LogP contribution in [0.1, 0.15) is 5.82 Å². The van der Waals surface area contributed by atoms with Crippen molar-refractivity contribution in [3.05, 3.63) is 44.4 Å². The number of nitrogens with one attached hydrogen (secondary N) is 1. The number of hydrogen-bond donors (Lipinski definition) is 1. The Morgan fingerprint density at radius 3 is 2.71 bits per heavy atom. The Morgan fingerprint density at radius 1 is 1.29 bits per heavy atom. The van der Waals surface area contributed by atoms with Crippen molar-refractivity contribution >= 4 is 40.8 Å². The highest BCUT2D eigenvalue weighted by Crippen LogP contribution is 2.30. The molecule has 0 saturated carbocycles. The zero-order valence-electron chi connectivity index (χ0n) is 8.28. The predicted molar refractivity (Wildman–Crippen MR) is 70.9 cm³/mol. The van der Waals surface area contributed by atoms with Crippen LogP contribution in [-0.2, 0) is 0 Å². The summed E-state index contributed by atoms with van der Waals surface area (Å²) in [6.45, 7) is 0. The summed E-state index contributed by atoms with van der Waals surface area (Å²) in [6, 6.07) is 4.95. The van der Waals surface area contributed by atoms with E-state index >= 15 is 0 Å². The number of benzene rings is 1. The Balaban J connectivity index is 2.65. The SMILES string of the molecule is O=c1[nH]c(C=S)nnc1-c1cccc(Cl)c1Cl. The van der Waals surface area contributed by atoms with E-state index in [1.165, 1.54) is 5.37 Å². The molecule has 0 amide bonds. The fourth-order valence-electron chi connectivity index (χ4n) is 1.27. The van der Waals surface area contributed by atoms with E-state index in [0.717, 1.165) is 0 Å². The Labute approximate surface area is 112 Å². The van der Waals surface area contributed by atoms with Gasteiger partial charge in [-0.2, -0.15) is 0 Å². The van der Waals surface area contributed by atoms with E-state index in [1.54, 1.807) is 18.2 Å². The lowest BCUT2D eigenvalue weighted by molar-refractivity contribution is 0.942. The molecule has 1 heterocycles. The van der Waals surface area contributed by atoms with Gasteiger partial charge in [-0.25, -0.2) is 0 Å². The van der Waals surface area contributed by atoms with Crippen LogP contribution in [0.5, 0.6) is 0 Å². The highest BCUT2D eigenvalue weighted by molar-refractivity contribution is 7.79. The van der Waals surface area contributed by atoms with E-state index in [-0.39, 0.29) is 16.5 Å². The molecule has 1 N–H and O–H groups in total. The molecule has 2 aromatic rings. The van der Waals surface area contributed by atoms with Gasteiger partial charge in [-0.05, 0) is 6.07 Å². The number of H-pyrrole nitrogens is 1. The number of aromatic amines is 1. The summed E-state index contributed by atoms with van der Waals surface area (Å²) in [4.78, 5) is 14.2. The Bertz CT molecular complexity index is 642. The van der Waals surface area contributed by atoms with E-state index in [9.17, 15) is 4.79 Å². The molecular weight excluding hydrogens is 281 g/mol. The van der Waals surface area contributed by atoms with Crippen molar-refractivity contribution in [2.45, 2.75) is 0 Å². The van der Waals surface area contributed by atoms with Gasteiger partial charge in [-0.1, -0.05) is 47.6 Å². The molecule has 7 heteroatoms. The lowest BCUT2D eigenvalue weighted by atomic mass is 10.1. The molecule has 0 aliphatic rings. The minimum absolute atomic E-state index is 0.109. The van der Waals surface area contributed by atoms with Crippen molar-refractivity contribution in [3.8, 4) is 11.3 Å². The number of aromatic nitrogens is 3.